The number of benzene rings is 1. The van der Waals surface area contributed by atoms with Crippen LogP contribution in [0.25, 0.3) is 0 Å². The van der Waals surface area contributed by atoms with Gasteiger partial charge in [-0.05, 0) is 31.9 Å². The highest BCUT2D eigenvalue weighted by Crippen LogP contribution is 2.43. The molecule has 20 heavy (non-hydrogen) atoms. The van der Waals surface area contributed by atoms with Gasteiger partial charge in [0.15, 0.2) is 0 Å². The molecular weight excluding hydrogens is 248 g/mol. The molecule has 1 saturated heterocycles. The van der Waals surface area contributed by atoms with Crippen molar-refractivity contribution in [1.82, 2.24) is 10.2 Å². The second-order valence-corrected chi connectivity index (χ2v) is 6.59. The quantitative estimate of drug-likeness (QED) is 0.897. The lowest BCUT2D eigenvalue weighted by Crippen LogP contribution is -2.48. The van der Waals surface area contributed by atoms with Crippen molar-refractivity contribution >= 4 is 0 Å². The number of rotatable bonds is 2. The van der Waals surface area contributed by atoms with E-state index in [1.54, 1.807) is 0 Å². The first-order chi connectivity index (χ1) is 9.59. The van der Waals surface area contributed by atoms with Crippen LogP contribution in [0.1, 0.15) is 44.4 Å². The molecule has 2 aliphatic rings. The molecule has 0 bridgehead atoms. The smallest absolute Gasteiger partial charge is 0.124 e. The summed E-state index contributed by atoms with van der Waals surface area (Å²) >= 11 is 0. The Morgan fingerprint density at radius 1 is 1.30 bits per heavy atom. The Kier molecular flexibility index (Phi) is 3.74. The van der Waals surface area contributed by atoms with Crippen LogP contribution in [0.5, 0.6) is 5.75 Å². The summed E-state index contributed by atoms with van der Waals surface area (Å²) in [6, 6.07) is 7.23. The van der Waals surface area contributed by atoms with Crippen LogP contribution in [-0.4, -0.2) is 36.7 Å². The van der Waals surface area contributed by atoms with Gasteiger partial charge in [0.2, 0.25) is 0 Å². The van der Waals surface area contributed by atoms with E-state index in [2.05, 4.69) is 49.2 Å². The third-order valence-electron chi connectivity index (χ3n) is 4.50. The molecule has 0 radical (unpaired) electrons. The number of hydrogen-bond donors (Lipinski definition) is 1. The molecule has 3 nitrogen and oxygen atoms in total. The summed E-state index contributed by atoms with van der Waals surface area (Å²) in [7, 11) is 0. The fraction of sp³-hybridized carbons (Fsp3) is 0.647. The molecular formula is C17H26N2O. The van der Waals surface area contributed by atoms with Crippen molar-refractivity contribution < 1.29 is 4.74 Å². The molecule has 2 aliphatic heterocycles. The predicted molar refractivity (Wildman–Crippen MR) is 82.3 cm³/mol. The zero-order valence-corrected chi connectivity index (χ0v) is 12.9. The third-order valence-corrected chi connectivity index (χ3v) is 4.50. The number of nitrogens with one attached hydrogen (secondary N) is 1. The van der Waals surface area contributed by atoms with E-state index in [9.17, 15) is 0 Å². The van der Waals surface area contributed by atoms with Gasteiger partial charge in [0, 0.05) is 44.2 Å². The number of fused-ring (bicyclic) bond motifs is 1. The standard InChI is InChI=1S/C17H26N2O/c1-4-13-5-6-16-14(11-13)15(12-17(2,3)20-16)19-9-7-18-8-10-19/h5-6,11,15,18H,4,7-10,12H2,1-3H3. The van der Waals surface area contributed by atoms with Crippen LogP contribution in [-0.2, 0) is 6.42 Å². The van der Waals surface area contributed by atoms with Gasteiger partial charge in [-0.25, -0.2) is 0 Å². The molecule has 0 spiro atoms. The van der Waals surface area contributed by atoms with Gasteiger partial charge in [0.1, 0.15) is 11.4 Å². The van der Waals surface area contributed by atoms with Gasteiger partial charge >= 0.3 is 0 Å². The first-order valence-corrected chi connectivity index (χ1v) is 7.86. The molecule has 0 aliphatic carbocycles. The third kappa shape index (κ3) is 2.70. The lowest BCUT2D eigenvalue weighted by Gasteiger charge is -2.44. The Morgan fingerprint density at radius 3 is 2.75 bits per heavy atom. The molecule has 1 fully saturated rings. The molecule has 1 atom stereocenters. The monoisotopic (exact) mass is 274 g/mol. The van der Waals surface area contributed by atoms with E-state index < -0.39 is 0 Å². The van der Waals surface area contributed by atoms with Crippen molar-refractivity contribution in [2.75, 3.05) is 26.2 Å². The van der Waals surface area contributed by atoms with Crippen molar-refractivity contribution in [1.29, 1.82) is 0 Å². The van der Waals surface area contributed by atoms with Crippen LogP contribution in [0.3, 0.4) is 0 Å². The van der Waals surface area contributed by atoms with Crippen LogP contribution in [0.15, 0.2) is 18.2 Å². The summed E-state index contributed by atoms with van der Waals surface area (Å²) in [5.41, 5.74) is 2.73. The summed E-state index contributed by atoms with van der Waals surface area (Å²) in [5.74, 6) is 1.09. The lowest BCUT2D eigenvalue weighted by atomic mass is 9.87. The molecule has 3 rings (SSSR count). The minimum atomic E-state index is -0.0731. The normalized spacial score (nSPS) is 25.9. The van der Waals surface area contributed by atoms with E-state index in [0.717, 1.165) is 44.8 Å². The fourth-order valence-electron chi connectivity index (χ4n) is 3.41. The van der Waals surface area contributed by atoms with Gasteiger partial charge in [-0.15, -0.1) is 0 Å². The number of piperazine rings is 1. The average Bonchev–Trinajstić information content (AvgIpc) is 2.46. The highest BCUT2D eigenvalue weighted by molar-refractivity contribution is 5.42. The van der Waals surface area contributed by atoms with Crippen LogP contribution < -0.4 is 10.1 Å². The summed E-state index contributed by atoms with van der Waals surface area (Å²) in [6.07, 6.45) is 2.16. The SMILES string of the molecule is CCc1ccc2c(c1)C(N1CCNCC1)CC(C)(C)O2. The Labute approximate surface area is 122 Å². The first-order valence-electron chi connectivity index (χ1n) is 7.86. The predicted octanol–water partition coefficient (Wildman–Crippen LogP) is 2.76. The second kappa shape index (κ2) is 5.38. The highest BCUT2D eigenvalue weighted by Gasteiger charge is 2.37. The maximum Gasteiger partial charge on any atom is 0.124 e. The molecule has 1 N–H and O–H groups in total. The zero-order valence-electron chi connectivity index (χ0n) is 12.9. The van der Waals surface area contributed by atoms with Gasteiger partial charge in [-0.1, -0.05) is 19.1 Å². The number of ether oxygens (including phenoxy) is 1. The highest BCUT2D eigenvalue weighted by atomic mass is 16.5. The van der Waals surface area contributed by atoms with Gasteiger partial charge < -0.3 is 10.1 Å². The zero-order chi connectivity index (χ0) is 14.2. The van der Waals surface area contributed by atoms with Crippen LogP contribution in [0.2, 0.25) is 0 Å². The largest absolute Gasteiger partial charge is 0.487 e. The van der Waals surface area contributed by atoms with Gasteiger partial charge in [0.25, 0.3) is 0 Å². The summed E-state index contributed by atoms with van der Waals surface area (Å²) in [4.78, 5) is 2.62. The maximum atomic E-state index is 6.20. The van der Waals surface area contributed by atoms with Crippen molar-refractivity contribution in [3.05, 3.63) is 29.3 Å². The van der Waals surface area contributed by atoms with Crippen molar-refractivity contribution in [2.45, 2.75) is 45.3 Å². The molecule has 1 aromatic rings. The second-order valence-electron chi connectivity index (χ2n) is 6.59. The van der Waals surface area contributed by atoms with Crippen molar-refractivity contribution in [3.8, 4) is 5.75 Å². The number of hydrogen-bond acceptors (Lipinski definition) is 3. The van der Waals surface area contributed by atoms with E-state index in [4.69, 9.17) is 4.74 Å². The minimum Gasteiger partial charge on any atom is -0.487 e. The van der Waals surface area contributed by atoms with Gasteiger partial charge in [0.05, 0.1) is 0 Å². The first kappa shape index (κ1) is 13.9. The van der Waals surface area contributed by atoms with E-state index in [1.165, 1.54) is 11.1 Å². The van der Waals surface area contributed by atoms with E-state index >= 15 is 0 Å². The van der Waals surface area contributed by atoms with Gasteiger partial charge in [-0.3, -0.25) is 4.90 Å². The molecule has 3 heteroatoms. The van der Waals surface area contributed by atoms with Crippen LogP contribution in [0.4, 0.5) is 0 Å². The Bertz CT molecular complexity index is 478. The Balaban J connectivity index is 1.96. The Morgan fingerprint density at radius 2 is 2.05 bits per heavy atom. The van der Waals surface area contributed by atoms with E-state index in [0.29, 0.717) is 6.04 Å². The summed E-state index contributed by atoms with van der Waals surface area (Å²) in [6.45, 7) is 11.1. The summed E-state index contributed by atoms with van der Waals surface area (Å²) < 4.78 is 6.20. The van der Waals surface area contributed by atoms with E-state index in [-0.39, 0.29) is 5.60 Å². The average molecular weight is 274 g/mol. The maximum absolute atomic E-state index is 6.20. The lowest BCUT2D eigenvalue weighted by molar-refractivity contribution is 0.0259. The number of aryl methyl sites for hydroxylation is 1. The molecule has 110 valence electrons. The topological polar surface area (TPSA) is 24.5 Å². The molecule has 1 aromatic carbocycles. The van der Waals surface area contributed by atoms with Crippen molar-refractivity contribution in [3.63, 3.8) is 0 Å². The molecule has 1 unspecified atom stereocenters. The van der Waals surface area contributed by atoms with E-state index in [1.807, 2.05) is 0 Å². The molecule has 2 heterocycles. The number of nitrogens with zero attached hydrogens (tertiary/aromatic N) is 1. The molecule has 0 aromatic heterocycles. The summed E-state index contributed by atoms with van der Waals surface area (Å²) in [5, 5.41) is 3.45. The fourth-order valence-corrected chi connectivity index (χ4v) is 3.41. The Hall–Kier alpha value is -1.06. The van der Waals surface area contributed by atoms with Crippen molar-refractivity contribution in [2.24, 2.45) is 0 Å². The molecule has 0 amide bonds. The van der Waals surface area contributed by atoms with Crippen LogP contribution >= 0.6 is 0 Å². The minimum absolute atomic E-state index is 0.0731. The van der Waals surface area contributed by atoms with Crippen LogP contribution in [0, 0.1) is 0 Å². The molecule has 0 saturated carbocycles. The van der Waals surface area contributed by atoms with Gasteiger partial charge in [-0.2, -0.15) is 0 Å².